The molecule has 0 bridgehead atoms. The Hall–Kier alpha value is -3.80. The van der Waals surface area contributed by atoms with Crippen LogP contribution >= 0.6 is 0 Å². The highest BCUT2D eigenvalue weighted by molar-refractivity contribution is 6.03. The van der Waals surface area contributed by atoms with Crippen molar-refractivity contribution in [3.05, 3.63) is 82.9 Å². The van der Waals surface area contributed by atoms with Crippen molar-refractivity contribution in [1.82, 2.24) is 0 Å². The van der Waals surface area contributed by atoms with Gasteiger partial charge < -0.3 is 19.7 Å². The van der Waals surface area contributed by atoms with Gasteiger partial charge >= 0.3 is 0 Å². The predicted molar refractivity (Wildman–Crippen MR) is 153 cm³/mol. The van der Waals surface area contributed by atoms with Crippen molar-refractivity contribution in [2.24, 2.45) is 5.92 Å². The van der Waals surface area contributed by atoms with Gasteiger partial charge in [0.25, 0.3) is 0 Å². The summed E-state index contributed by atoms with van der Waals surface area (Å²) in [4.78, 5) is 29.1. The second-order valence-electron chi connectivity index (χ2n) is 10.5. The van der Waals surface area contributed by atoms with Crippen LogP contribution in [0.5, 0.6) is 11.5 Å². The average molecular weight is 515 g/mol. The second kappa shape index (κ2) is 11.3. The van der Waals surface area contributed by atoms with Crippen molar-refractivity contribution >= 4 is 23.2 Å². The van der Waals surface area contributed by atoms with Gasteiger partial charge in [-0.1, -0.05) is 76.2 Å². The number of anilines is 2. The molecule has 0 saturated heterocycles. The van der Waals surface area contributed by atoms with Crippen molar-refractivity contribution in [3.8, 4) is 11.5 Å². The van der Waals surface area contributed by atoms with Crippen molar-refractivity contribution in [1.29, 1.82) is 0 Å². The lowest BCUT2D eigenvalue weighted by Crippen LogP contribution is -2.43. The van der Waals surface area contributed by atoms with Crippen molar-refractivity contribution in [3.63, 3.8) is 0 Å². The Kier molecular flexibility index (Phi) is 8.10. The molecule has 6 nitrogen and oxygen atoms in total. The summed E-state index contributed by atoms with van der Waals surface area (Å²) in [5.41, 5.74) is 5.72. The molecule has 3 aromatic rings. The Morgan fingerprint density at radius 2 is 1.47 bits per heavy atom. The summed E-state index contributed by atoms with van der Waals surface area (Å²) in [5.74, 6) is 0.472. The second-order valence-corrected chi connectivity index (χ2v) is 10.5. The summed E-state index contributed by atoms with van der Waals surface area (Å²) in [6.07, 6.45) is 0.0560. The van der Waals surface area contributed by atoms with E-state index in [0.717, 1.165) is 33.6 Å². The fraction of sp³-hybridized carbons (Fsp3) is 0.375. The highest BCUT2D eigenvalue weighted by atomic mass is 16.5. The van der Waals surface area contributed by atoms with Crippen molar-refractivity contribution < 1.29 is 19.1 Å². The van der Waals surface area contributed by atoms with Gasteiger partial charge in [-0.15, -0.1) is 0 Å². The number of ether oxygens (including phenoxy) is 2. The van der Waals surface area contributed by atoms with Crippen LogP contribution in [0.3, 0.4) is 0 Å². The largest absolute Gasteiger partial charge is 0.493 e. The Morgan fingerprint density at radius 1 is 0.895 bits per heavy atom. The summed E-state index contributed by atoms with van der Waals surface area (Å²) in [6.45, 7) is 8.50. The first-order chi connectivity index (χ1) is 18.2. The molecule has 0 aromatic heterocycles. The standard InChI is InChI=1S/C32H38N2O4/c1-19(2)22-14-11-15-23(20(3)4)31(22)33-29(35)17-25-30(21-12-9-8-10-13-21)24-16-27(37-6)28(38-7)18-26(24)34(5)32(25)36/h8-16,18-20,25,30H,17H2,1-7H3,(H,33,35). The third-order valence-electron chi connectivity index (χ3n) is 7.48. The van der Waals surface area contributed by atoms with E-state index in [2.05, 4.69) is 45.1 Å². The summed E-state index contributed by atoms with van der Waals surface area (Å²) < 4.78 is 11.1. The highest BCUT2D eigenvalue weighted by Crippen LogP contribution is 2.48. The lowest BCUT2D eigenvalue weighted by Gasteiger charge is -2.38. The number of hydrogen-bond donors (Lipinski definition) is 1. The molecule has 4 rings (SSSR count). The minimum Gasteiger partial charge on any atom is -0.493 e. The van der Waals surface area contributed by atoms with E-state index < -0.39 is 5.92 Å². The van der Waals surface area contributed by atoms with Crippen LogP contribution in [0.15, 0.2) is 60.7 Å². The van der Waals surface area contributed by atoms with E-state index in [9.17, 15) is 9.59 Å². The first-order valence-corrected chi connectivity index (χ1v) is 13.2. The van der Waals surface area contributed by atoms with E-state index in [1.807, 2.05) is 48.5 Å². The van der Waals surface area contributed by atoms with Crippen molar-refractivity contribution in [2.75, 3.05) is 31.5 Å². The van der Waals surface area contributed by atoms with Gasteiger partial charge in [0.2, 0.25) is 11.8 Å². The van der Waals surface area contributed by atoms with Crippen LogP contribution < -0.4 is 19.7 Å². The number of nitrogens with zero attached hydrogens (tertiary/aromatic N) is 1. The first kappa shape index (κ1) is 27.2. The van der Waals surface area contributed by atoms with Crippen LogP contribution in [0.4, 0.5) is 11.4 Å². The maximum absolute atomic E-state index is 13.8. The smallest absolute Gasteiger partial charge is 0.231 e. The fourth-order valence-corrected chi connectivity index (χ4v) is 5.51. The molecule has 200 valence electrons. The molecular formula is C32H38N2O4. The number of hydrogen-bond acceptors (Lipinski definition) is 4. The van der Waals surface area contributed by atoms with Crippen LogP contribution in [0.1, 0.15) is 74.1 Å². The van der Waals surface area contributed by atoms with Crippen LogP contribution in [-0.4, -0.2) is 33.1 Å². The minimum atomic E-state index is -0.582. The molecule has 38 heavy (non-hydrogen) atoms. The van der Waals surface area contributed by atoms with Gasteiger partial charge in [0.05, 0.1) is 25.8 Å². The molecule has 1 N–H and O–H groups in total. The van der Waals surface area contributed by atoms with Gasteiger partial charge in [0.1, 0.15) is 0 Å². The van der Waals surface area contributed by atoms with E-state index in [1.54, 1.807) is 26.2 Å². The zero-order chi connectivity index (χ0) is 27.6. The summed E-state index contributed by atoms with van der Waals surface area (Å²) >= 11 is 0. The van der Waals surface area contributed by atoms with Crippen LogP contribution in [0, 0.1) is 5.92 Å². The molecule has 1 aliphatic rings. The molecule has 0 aliphatic carbocycles. The van der Waals surface area contributed by atoms with E-state index in [1.165, 1.54) is 0 Å². The zero-order valence-electron chi connectivity index (χ0n) is 23.4. The number of fused-ring (bicyclic) bond motifs is 1. The minimum absolute atomic E-state index is 0.0560. The fourth-order valence-electron chi connectivity index (χ4n) is 5.51. The first-order valence-electron chi connectivity index (χ1n) is 13.2. The third kappa shape index (κ3) is 5.13. The van der Waals surface area contributed by atoms with Crippen LogP contribution in [0.25, 0.3) is 0 Å². The molecule has 1 aliphatic heterocycles. The predicted octanol–water partition coefficient (Wildman–Crippen LogP) is 6.70. The maximum Gasteiger partial charge on any atom is 0.231 e. The van der Waals surface area contributed by atoms with E-state index in [-0.39, 0.29) is 36.0 Å². The SMILES string of the molecule is COc1cc2c(cc1OC)N(C)C(=O)C(CC(=O)Nc1c(C(C)C)cccc1C(C)C)C2c1ccccc1. The summed E-state index contributed by atoms with van der Waals surface area (Å²) in [6, 6.07) is 19.9. The van der Waals surface area contributed by atoms with Crippen LogP contribution in [0.2, 0.25) is 0 Å². The van der Waals surface area contributed by atoms with E-state index >= 15 is 0 Å². The lowest BCUT2D eigenvalue weighted by molar-refractivity contribution is -0.127. The Labute approximate surface area is 226 Å². The summed E-state index contributed by atoms with van der Waals surface area (Å²) in [5, 5.41) is 3.21. The topological polar surface area (TPSA) is 67.9 Å². The molecule has 1 heterocycles. The maximum atomic E-state index is 13.8. The average Bonchev–Trinajstić information content (AvgIpc) is 2.91. The molecule has 0 fully saturated rings. The molecule has 6 heteroatoms. The Balaban J connectivity index is 1.77. The number of methoxy groups -OCH3 is 2. The van der Waals surface area contributed by atoms with E-state index in [0.29, 0.717) is 11.5 Å². The monoisotopic (exact) mass is 514 g/mol. The quantitative estimate of drug-likeness (QED) is 0.363. The van der Waals surface area contributed by atoms with E-state index in [4.69, 9.17) is 9.47 Å². The molecule has 3 aromatic carbocycles. The molecule has 0 spiro atoms. The number of rotatable bonds is 8. The van der Waals surface area contributed by atoms with Crippen molar-refractivity contribution in [2.45, 2.75) is 51.9 Å². The van der Waals surface area contributed by atoms with Gasteiger partial charge in [-0.2, -0.15) is 0 Å². The number of para-hydroxylation sites is 1. The van der Waals surface area contributed by atoms with Gasteiger partial charge in [-0.3, -0.25) is 9.59 Å². The van der Waals surface area contributed by atoms with Gasteiger partial charge in [0.15, 0.2) is 11.5 Å². The molecule has 2 amide bonds. The Bertz CT molecular complexity index is 1290. The molecule has 0 saturated carbocycles. The Morgan fingerprint density at radius 3 is 2.03 bits per heavy atom. The number of carbonyl (C=O) groups is 2. The molecule has 0 radical (unpaired) electrons. The lowest BCUT2D eigenvalue weighted by atomic mass is 9.74. The third-order valence-corrected chi connectivity index (χ3v) is 7.48. The highest BCUT2D eigenvalue weighted by Gasteiger charge is 2.42. The van der Waals surface area contributed by atoms with Crippen LogP contribution in [-0.2, 0) is 9.59 Å². The normalized spacial score (nSPS) is 17.0. The molecular weight excluding hydrogens is 476 g/mol. The number of benzene rings is 3. The van der Waals surface area contributed by atoms with Gasteiger partial charge in [-0.25, -0.2) is 0 Å². The van der Waals surface area contributed by atoms with Gasteiger partial charge in [0, 0.05) is 31.1 Å². The molecule has 2 atom stereocenters. The number of amides is 2. The summed E-state index contributed by atoms with van der Waals surface area (Å²) in [7, 11) is 4.93. The molecule has 2 unspecified atom stereocenters. The van der Waals surface area contributed by atoms with Gasteiger partial charge in [-0.05, 0) is 40.2 Å². The number of carbonyl (C=O) groups excluding carboxylic acids is 2. The zero-order valence-corrected chi connectivity index (χ0v) is 23.4. The number of nitrogens with one attached hydrogen (secondary N) is 1.